The maximum Gasteiger partial charge on any atom is 0.416 e. The average Bonchev–Trinajstić information content (AvgIpc) is 3.08. The summed E-state index contributed by atoms with van der Waals surface area (Å²) in [6.45, 7) is 0. The summed E-state index contributed by atoms with van der Waals surface area (Å²) < 4.78 is 67.8. The Bertz CT molecular complexity index is 1100. The average molecular weight is 411 g/mol. The highest BCUT2D eigenvalue weighted by Crippen LogP contribution is 2.29. The number of aromatic nitrogens is 2. The van der Waals surface area contributed by atoms with E-state index in [1.807, 2.05) is 0 Å². The largest absolute Gasteiger partial charge is 0.416 e. The van der Waals surface area contributed by atoms with E-state index in [1.165, 1.54) is 18.2 Å². The van der Waals surface area contributed by atoms with Gasteiger partial charge in [0.05, 0.1) is 10.5 Å². The Hall–Kier alpha value is -3.21. The molecular weight excluding hydrogens is 399 g/mol. The summed E-state index contributed by atoms with van der Waals surface area (Å²) in [5.41, 5.74) is -1.26. The van der Waals surface area contributed by atoms with Gasteiger partial charge in [-0.05, 0) is 30.3 Å². The fourth-order valence-corrected chi connectivity index (χ4v) is 3.42. The van der Waals surface area contributed by atoms with Gasteiger partial charge in [0.2, 0.25) is 5.89 Å². The quantitative estimate of drug-likeness (QED) is 0.691. The third-order valence-corrected chi connectivity index (χ3v) is 5.17. The fraction of sp³-hybridized carbons (Fsp3) is 0.118. The maximum absolute atomic E-state index is 12.7. The molecule has 0 aliphatic rings. The second kappa shape index (κ2) is 7.43. The molecule has 1 aromatic heterocycles. The van der Waals surface area contributed by atoms with Crippen LogP contribution in [-0.4, -0.2) is 24.5 Å². The van der Waals surface area contributed by atoms with E-state index in [1.54, 1.807) is 18.2 Å². The standard InChI is InChI=1S/C17H12F3N3O4S/c18-17(19,20)12-6-4-5-11(9-12)15(24)21-16-23-22-14(27-16)10-28(25,26)13-7-2-1-3-8-13/h1-9H,10H2,(H,21,23,24). The molecule has 3 aromatic rings. The molecule has 0 radical (unpaired) electrons. The summed E-state index contributed by atoms with van der Waals surface area (Å²) >= 11 is 0. The van der Waals surface area contributed by atoms with Crippen LogP contribution in [0.15, 0.2) is 63.9 Å². The van der Waals surface area contributed by atoms with Crippen LogP contribution in [0.25, 0.3) is 0 Å². The molecule has 2 aromatic carbocycles. The first-order chi connectivity index (χ1) is 13.1. The van der Waals surface area contributed by atoms with Crippen molar-refractivity contribution >= 4 is 21.8 Å². The van der Waals surface area contributed by atoms with Gasteiger partial charge in [0.25, 0.3) is 5.91 Å². The normalized spacial score (nSPS) is 12.0. The molecule has 0 aliphatic heterocycles. The van der Waals surface area contributed by atoms with Gasteiger partial charge in [0.1, 0.15) is 5.75 Å². The van der Waals surface area contributed by atoms with Gasteiger partial charge in [0.15, 0.2) is 9.84 Å². The molecule has 0 saturated carbocycles. The molecule has 0 spiro atoms. The van der Waals surface area contributed by atoms with Crippen molar-refractivity contribution in [2.45, 2.75) is 16.8 Å². The van der Waals surface area contributed by atoms with Gasteiger partial charge in [-0.25, -0.2) is 8.42 Å². The molecule has 1 amide bonds. The first-order valence-corrected chi connectivity index (χ1v) is 9.39. The van der Waals surface area contributed by atoms with Crippen LogP contribution in [0.5, 0.6) is 0 Å². The summed E-state index contributed by atoms with van der Waals surface area (Å²) in [6.07, 6.45) is -4.60. The Morgan fingerprint density at radius 2 is 1.75 bits per heavy atom. The Morgan fingerprint density at radius 1 is 1.04 bits per heavy atom. The Labute approximate surface area is 157 Å². The van der Waals surface area contributed by atoms with E-state index in [4.69, 9.17) is 4.42 Å². The number of anilines is 1. The Balaban J connectivity index is 1.72. The van der Waals surface area contributed by atoms with Crippen molar-refractivity contribution in [3.8, 4) is 0 Å². The minimum absolute atomic E-state index is 0.0581. The summed E-state index contributed by atoms with van der Waals surface area (Å²) in [5.74, 6) is -1.78. The molecule has 11 heteroatoms. The molecule has 0 bridgehead atoms. The maximum atomic E-state index is 12.7. The summed E-state index contributed by atoms with van der Waals surface area (Å²) in [5, 5.41) is 9.18. The zero-order valence-corrected chi connectivity index (χ0v) is 14.8. The van der Waals surface area contributed by atoms with Crippen LogP contribution >= 0.6 is 0 Å². The Kier molecular flexibility index (Phi) is 5.18. The van der Waals surface area contributed by atoms with Crippen LogP contribution in [-0.2, 0) is 21.8 Å². The van der Waals surface area contributed by atoms with Gasteiger partial charge < -0.3 is 4.42 Å². The zero-order valence-electron chi connectivity index (χ0n) is 14.0. The van der Waals surface area contributed by atoms with E-state index in [2.05, 4.69) is 15.5 Å². The SMILES string of the molecule is O=C(Nc1nnc(CS(=O)(=O)c2ccccc2)o1)c1cccc(C(F)(F)F)c1. The van der Waals surface area contributed by atoms with E-state index in [0.29, 0.717) is 6.07 Å². The number of hydrogen-bond donors (Lipinski definition) is 1. The molecule has 1 heterocycles. The van der Waals surface area contributed by atoms with Crippen molar-refractivity contribution in [3.63, 3.8) is 0 Å². The lowest BCUT2D eigenvalue weighted by Crippen LogP contribution is -2.14. The molecule has 3 rings (SSSR count). The molecule has 0 saturated heterocycles. The number of nitrogens with zero attached hydrogens (tertiary/aromatic N) is 2. The molecule has 28 heavy (non-hydrogen) atoms. The van der Waals surface area contributed by atoms with Crippen molar-refractivity contribution in [2.75, 3.05) is 5.32 Å². The number of alkyl halides is 3. The predicted octanol–water partition coefficient (Wildman–Crippen LogP) is 3.31. The van der Waals surface area contributed by atoms with Gasteiger partial charge in [-0.2, -0.15) is 13.2 Å². The molecule has 1 N–H and O–H groups in total. The van der Waals surface area contributed by atoms with Gasteiger partial charge in [-0.15, -0.1) is 5.10 Å². The lowest BCUT2D eigenvalue weighted by Gasteiger charge is -2.07. The smallest absolute Gasteiger partial charge is 0.407 e. The van der Waals surface area contributed by atoms with Crippen molar-refractivity contribution in [1.82, 2.24) is 10.2 Å². The zero-order chi connectivity index (χ0) is 20.4. The highest BCUT2D eigenvalue weighted by molar-refractivity contribution is 7.90. The number of amides is 1. The summed E-state index contributed by atoms with van der Waals surface area (Å²) in [7, 11) is -3.74. The number of carbonyl (C=O) groups excluding carboxylic acids is 1. The summed E-state index contributed by atoms with van der Waals surface area (Å²) in [6, 6.07) is 10.9. The van der Waals surface area contributed by atoms with Crippen LogP contribution in [0.4, 0.5) is 19.2 Å². The van der Waals surface area contributed by atoms with Gasteiger partial charge in [-0.3, -0.25) is 10.1 Å². The van der Waals surface area contributed by atoms with Crippen LogP contribution < -0.4 is 5.32 Å². The monoisotopic (exact) mass is 411 g/mol. The van der Waals surface area contributed by atoms with E-state index in [9.17, 15) is 26.4 Å². The number of benzene rings is 2. The van der Waals surface area contributed by atoms with Crippen LogP contribution in [0.2, 0.25) is 0 Å². The number of carbonyl (C=O) groups is 1. The highest BCUT2D eigenvalue weighted by Gasteiger charge is 2.31. The molecule has 0 atom stereocenters. The van der Waals surface area contributed by atoms with Crippen molar-refractivity contribution < 1.29 is 30.8 Å². The predicted molar refractivity (Wildman–Crippen MR) is 91.0 cm³/mol. The van der Waals surface area contributed by atoms with Crippen molar-refractivity contribution in [3.05, 3.63) is 71.6 Å². The van der Waals surface area contributed by atoms with Crippen LogP contribution in [0.1, 0.15) is 21.8 Å². The van der Waals surface area contributed by atoms with Crippen molar-refractivity contribution in [2.24, 2.45) is 0 Å². The van der Waals surface area contributed by atoms with Crippen LogP contribution in [0.3, 0.4) is 0 Å². The first-order valence-electron chi connectivity index (χ1n) is 7.74. The topological polar surface area (TPSA) is 102 Å². The molecule has 0 unspecified atom stereocenters. The van der Waals surface area contributed by atoms with Gasteiger partial charge in [-0.1, -0.05) is 29.4 Å². The lowest BCUT2D eigenvalue weighted by molar-refractivity contribution is -0.137. The minimum atomic E-state index is -4.60. The lowest BCUT2D eigenvalue weighted by atomic mass is 10.1. The molecule has 7 nitrogen and oxygen atoms in total. The second-order valence-electron chi connectivity index (χ2n) is 5.61. The molecular formula is C17H12F3N3O4S. The highest BCUT2D eigenvalue weighted by atomic mass is 32.2. The fourth-order valence-electron chi connectivity index (χ4n) is 2.24. The van der Waals surface area contributed by atoms with E-state index < -0.39 is 39.3 Å². The number of nitrogens with one attached hydrogen (secondary N) is 1. The van der Waals surface area contributed by atoms with E-state index in [0.717, 1.165) is 12.1 Å². The first kappa shape index (κ1) is 19.5. The molecule has 146 valence electrons. The minimum Gasteiger partial charge on any atom is -0.407 e. The van der Waals surface area contributed by atoms with Gasteiger partial charge >= 0.3 is 12.2 Å². The number of sulfone groups is 1. The van der Waals surface area contributed by atoms with Crippen LogP contribution in [0, 0.1) is 0 Å². The van der Waals surface area contributed by atoms with Gasteiger partial charge in [0, 0.05) is 5.56 Å². The van der Waals surface area contributed by atoms with E-state index >= 15 is 0 Å². The number of halogens is 3. The summed E-state index contributed by atoms with van der Waals surface area (Å²) in [4.78, 5) is 12.1. The Morgan fingerprint density at radius 3 is 2.43 bits per heavy atom. The molecule has 0 fully saturated rings. The third-order valence-electron chi connectivity index (χ3n) is 3.56. The van der Waals surface area contributed by atoms with E-state index in [-0.39, 0.29) is 16.3 Å². The number of rotatable bonds is 5. The van der Waals surface area contributed by atoms with Crippen molar-refractivity contribution in [1.29, 1.82) is 0 Å². The third kappa shape index (κ3) is 4.55. The second-order valence-corrected chi connectivity index (χ2v) is 7.60. The number of hydrogen-bond acceptors (Lipinski definition) is 6. The molecule has 0 aliphatic carbocycles.